The lowest BCUT2D eigenvalue weighted by atomic mass is 10.1. The van der Waals surface area contributed by atoms with Crippen LogP contribution < -0.4 is 10.1 Å². The molecular formula is C23H20ClN4OS+. The average Bonchev–Trinajstić information content (AvgIpc) is 3.34. The molecule has 0 radical (unpaired) electrons. The van der Waals surface area contributed by atoms with Crippen molar-refractivity contribution in [2.24, 2.45) is 0 Å². The molecule has 0 fully saturated rings. The number of hydrogen-bond donors (Lipinski definition) is 0. The number of nitrogens with zero attached hydrogens (tertiary/aromatic N) is 4. The van der Waals surface area contributed by atoms with Crippen molar-refractivity contribution < 1.29 is 4.57 Å². The number of pyridine rings is 1. The lowest BCUT2D eigenvalue weighted by Gasteiger charge is -2.05. The second kappa shape index (κ2) is 7.70. The molecule has 0 N–H and O–H groups in total. The summed E-state index contributed by atoms with van der Waals surface area (Å²) in [6.07, 6.45) is 8.71. The van der Waals surface area contributed by atoms with Gasteiger partial charge >= 0.3 is 5.56 Å². The summed E-state index contributed by atoms with van der Waals surface area (Å²) in [5.74, 6) is 0. The minimum Gasteiger partial charge on any atom is -0.347 e. The highest BCUT2D eigenvalue weighted by atomic mass is 35.5. The van der Waals surface area contributed by atoms with Gasteiger partial charge in [0.1, 0.15) is 18.3 Å². The van der Waals surface area contributed by atoms with Crippen LogP contribution in [-0.4, -0.2) is 14.0 Å². The predicted octanol–water partition coefficient (Wildman–Crippen LogP) is 4.78. The van der Waals surface area contributed by atoms with E-state index in [-0.39, 0.29) is 5.56 Å². The van der Waals surface area contributed by atoms with Crippen molar-refractivity contribution in [2.75, 3.05) is 0 Å². The molecule has 0 aliphatic heterocycles. The van der Waals surface area contributed by atoms with Crippen LogP contribution in [0.3, 0.4) is 0 Å². The van der Waals surface area contributed by atoms with E-state index in [2.05, 4.69) is 39.4 Å². The third-order valence-electron chi connectivity index (χ3n) is 5.26. The van der Waals surface area contributed by atoms with E-state index in [1.54, 1.807) is 10.6 Å². The third kappa shape index (κ3) is 3.22. The Hall–Kier alpha value is -2.96. The molecule has 0 amide bonds. The summed E-state index contributed by atoms with van der Waals surface area (Å²) in [5.41, 5.74) is 3.59. The van der Waals surface area contributed by atoms with Crippen molar-refractivity contribution in [3.05, 3.63) is 86.9 Å². The number of aryl methyl sites for hydroxylation is 1. The van der Waals surface area contributed by atoms with Crippen LogP contribution >= 0.6 is 22.9 Å². The van der Waals surface area contributed by atoms with Gasteiger partial charge in [-0.3, -0.25) is 0 Å². The zero-order valence-corrected chi connectivity index (χ0v) is 18.0. The molecule has 4 heterocycles. The monoisotopic (exact) mass is 435 g/mol. The standard InChI is InChI=1S/C23H20ClN4OS/c1-2-10-26-14-18(17-7-3-4-8-20(17)26)19-15-27(13-16-12-25-23(24)30-16)21-9-5-6-11-28(21)22(19)29/h3-9,11-12,14-15H,2,10,13H2,1H3/q+1. The van der Waals surface area contributed by atoms with Gasteiger partial charge in [-0.25, -0.2) is 14.3 Å². The maximum Gasteiger partial charge on any atom is 0.350 e. The Morgan fingerprint density at radius 1 is 1.13 bits per heavy atom. The highest BCUT2D eigenvalue weighted by molar-refractivity contribution is 7.15. The first kappa shape index (κ1) is 19.0. The first-order chi connectivity index (χ1) is 14.7. The Labute approximate surface area is 182 Å². The molecule has 5 aromatic rings. The van der Waals surface area contributed by atoms with Crippen LogP contribution in [-0.2, 0) is 13.1 Å². The van der Waals surface area contributed by atoms with Gasteiger partial charge in [0.25, 0.3) is 5.65 Å². The summed E-state index contributed by atoms with van der Waals surface area (Å²) in [5, 5.41) is 1.09. The average molecular weight is 436 g/mol. The minimum absolute atomic E-state index is 0.0245. The highest BCUT2D eigenvalue weighted by Crippen LogP contribution is 2.29. The number of fused-ring (bicyclic) bond motifs is 2. The maximum absolute atomic E-state index is 13.5. The predicted molar refractivity (Wildman–Crippen MR) is 121 cm³/mol. The van der Waals surface area contributed by atoms with E-state index in [4.69, 9.17) is 11.6 Å². The van der Waals surface area contributed by atoms with E-state index in [9.17, 15) is 4.79 Å². The van der Waals surface area contributed by atoms with E-state index in [0.717, 1.165) is 40.0 Å². The van der Waals surface area contributed by atoms with Crippen LogP contribution in [0.2, 0.25) is 4.47 Å². The van der Waals surface area contributed by atoms with E-state index >= 15 is 0 Å². The van der Waals surface area contributed by atoms with Gasteiger partial charge in [-0.1, -0.05) is 42.8 Å². The first-order valence-electron chi connectivity index (χ1n) is 9.88. The van der Waals surface area contributed by atoms with E-state index < -0.39 is 0 Å². The van der Waals surface area contributed by atoms with E-state index in [0.29, 0.717) is 16.6 Å². The van der Waals surface area contributed by atoms with Crippen molar-refractivity contribution in [1.82, 2.24) is 14.0 Å². The van der Waals surface area contributed by atoms with Crippen LogP contribution in [0.25, 0.3) is 27.7 Å². The number of thiazole rings is 1. The van der Waals surface area contributed by atoms with E-state index in [1.807, 2.05) is 42.7 Å². The molecule has 30 heavy (non-hydrogen) atoms. The fraction of sp³-hybridized carbons (Fsp3) is 0.174. The van der Waals surface area contributed by atoms with Crippen LogP contribution in [0.5, 0.6) is 0 Å². The lowest BCUT2D eigenvalue weighted by molar-refractivity contribution is -0.664. The van der Waals surface area contributed by atoms with Gasteiger partial charge in [-0.05, 0) is 18.6 Å². The largest absolute Gasteiger partial charge is 0.350 e. The second-order valence-corrected chi connectivity index (χ2v) is 8.93. The van der Waals surface area contributed by atoms with Gasteiger partial charge in [0, 0.05) is 41.5 Å². The van der Waals surface area contributed by atoms with Gasteiger partial charge in [0.05, 0.1) is 11.1 Å². The Bertz CT molecular complexity index is 1430. The summed E-state index contributed by atoms with van der Waals surface area (Å²) in [4.78, 5) is 18.6. The van der Waals surface area contributed by atoms with Crippen LogP contribution in [0.1, 0.15) is 18.2 Å². The van der Waals surface area contributed by atoms with Crippen molar-refractivity contribution in [1.29, 1.82) is 0 Å². The van der Waals surface area contributed by atoms with Crippen LogP contribution in [0.15, 0.2) is 72.0 Å². The van der Waals surface area contributed by atoms with Gasteiger partial charge in [0.2, 0.25) is 0 Å². The zero-order valence-electron chi connectivity index (χ0n) is 16.5. The Morgan fingerprint density at radius 3 is 2.77 bits per heavy atom. The molecule has 4 aromatic heterocycles. The first-order valence-corrected chi connectivity index (χ1v) is 11.1. The van der Waals surface area contributed by atoms with Gasteiger partial charge < -0.3 is 4.57 Å². The molecule has 0 unspecified atom stereocenters. The normalized spacial score (nSPS) is 11.5. The van der Waals surface area contributed by atoms with Gasteiger partial charge in [-0.15, -0.1) is 11.3 Å². The number of aromatic nitrogens is 4. The molecule has 0 aliphatic carbocycles. The summed E-state index contributed by atoms with van der Waals surface area (Å²) < 4.78 is 6.55. The molecule has 1 aromatic carbocycles. The smallest absolute Gasteiger partial charge is 0.347 e. The number of benzene rings is 1. The molecule has 0 bridgehead atoms. The highest BCUT2D eigenvalue weighted by Gasteiger charge is 2.21. The zero-order chi connectivity index (χ0) is 20.7. The Morgan fingerprint density at radius 2 is 1.97 bits per heavy atom. The van der Waals surface area contributed by atoms with Crippen molar-refractivity contribution >= 4 is 39.5 Å². The van der Waals surface area contributed by atoms with Crippen molar-refractivity contribution in [3.8, 4) is 11.1 Å². The summed E-state index contributed by atoms with van der Waals surface area (Å²) in [6, 6.07) is 14.0. The van der Waals surface area contributed by atoms with Gasteiger partial charge in [0.15, 0.2) is 4.47 Å². The Kier molecular flexibility index (Phi) is 4.89. The number of para-hydroxylation sites is 1. The molecule has 7 heteroatoms. The van der Waals surface area contributed by atoms with Gasteiger partial charge in [-0.2, -0.15) is 4.40 Å². The molecule has 150 valence electrons. The molecule has 5 nitrogen and oxygen atoms in total. The van der Waals surface area contributed by atoms with Crippen LogP contribution in [0, 0.1) is 0 Å². The number of rotatable bonds is 5. The number of halogens is 1. The quantitative estimate of drug-likeness (QED) is 0.373. The summed E-state index contributed by atoms with van der Waals surface area (Å²) in [6.45, 7) is 3.67. The maximum atomic E-state index is 13.5. The molecule has 0 saturated heterocycles. The molecule has 0 saturated carbocycles. The summed E-state index contributed by atoms with van der Waals surface area (Å²) >= 11 is 7.49. The molecule has 5 rings (SSSR count). The topological polar surface area (TPSA) is 43.2 Å². The van der Waals surface area contributed by atoms with Crippen LogP contribution in [0.4, 0.5) is 0 Å². The number of hydrogen-bond acceptors (Lipinski definition) is 3. The Balaban J connectivity index is 1.77. The lowest BCUT2D eigenvalue weighted by Crippen LogP contribution is -2.40. The fourth-order valence-corrected chi connectivity index (χ4v) is 4.95. The third-order valence-corrected chi connectivity index (χ3v) is 6.36. The molecule has 0 atom stereocenters. The van der Waals surface area contributed by atoms with Crippen molar-refractivity contribution in [2.45, 2.75) is 26.4 Å². The second-order valence-electron chi connectivity index (χ2n) is 7.24. The van der Waals surface area contributed by atoms with Crippen molar-refractivity contribution in [3.63, 3.8) is 0 Å². The van der Waals surface area contributed by atoms with E-state index in [1.165, 1.54) is 11.3 Å². The SMILES string of the molecule is CCCn1cc(-c2c[n+](Cc3cnc(Cl)s3)c3ccccn3c2=O)c2ccccc21. The molecule has 0 aliphatic rings. The fourth-order valence-electron chi connectivity index (χ4n) is 3.97. The minimum atomic E-state index is -0.0245. The molecular weight excluding hydrogens is 416 g/mol. The molecule has 0 spiro atoms. The summed E-state index contributed by atoms with van der Waals surface area (Å²) in [7, 11) is 0.